The fourth-order valence-corrected chi connectivity index (χ4v) is 4.89. The number of carbonyl (C=O) groups is 1. The number of hydrogen-bond acceptors (Lipinski definition) is 5. The van der Waals surface area contributed by atoms with Crippen LogP contribution in [0.15, 0.2) is 47.4 Å². The zero-order chi connectivity index (χ0) is 20.9. The van der Waals surface area contributed by atoms with Gasteiger partial charge in [-0.25, -0.2) is 8.42 Å². The zero-order valence-corrected chi connectivity index (χ0v) is 17.5. The SMILES string of the molecule is COc1cccc(C(=O)NCc2ccc(S(=O)(=O)N3CCCCC3)cc2)c1OC. The molecule has 0 spiro atoms. The highest BCUT2D eigenvalue weighted by atomic mass is 32.2. The number of para-hydroxylation sites is 1. The van der Waals surface area contributed by atoms with Gasteiger partial charge in [-0.05, 0) is 42.7 Å². The second-order valence-electron chi connectivity index (χ2n) is 6.83. The average Bonchev–Trinajstić information content (AvgIpc) is 2.77. The van der Waals surface area contributed by atoms with Crippen LogP contribution in [0.25, 0.3) is 0 Å². The van der Waals surface area contributed by atoms with E-state index < -0.39 is 10.0 Å². The van der Waals surface area contributed by atoms with E-state index in [1.54, 1.807) is 46.8 Å². The molecule has 1 aliphatic rings. The van der Waals surface area contributed by atoms with Gasteiger partial charge in [0.05, 0.1) is 24.7 Å². The molecule has 0 aromatic heterocycles. The third kappa shape index (κ3) is 4.71. The number of hydrogen-bond donors (Lipinski definition) is 1. The molecule has 1 amide bonds. The average molecular weight is 419 g/mol. The molecule has 0 radical (unpaired) electrons. The molecule has 0 saturated carbocycles. The Morgan fingerprint density at radius 1 is 1.00 bits per heavy atom. The molecule has 2 aromatic carbocycles. The molecule has 0 unspecified atom stereocenters. The molecule has 1 heterocycles. The zero-order valence-electron chi connectivity index (χ0n) is 16.7. The van der Waals surface area contributed by atoms with Crippen molar-refractivity contribution in [2.45, 2.75) is 30.7 Å². The van der Waals surface area contributed by atoms with Gasteiger partial charge in [0.25, 0.3) is 5.91 Å². The molecule has 8 heteroatoms. The normalized spacial score (nSPS) is 15.0. The number of nitrogens with zero attached hydrogens (tertiary/aromatic N) is 1. The van der Waals surface area contributed by atoms with E-state index in [4.69, 9.17) is 9.47 Å². The van der Waals surface area contributed by atoms with Crippen LogP contribution in [-0.2, 0) is 16.6 Å². The first-order valence-corrected chi connectivity index (χ1v) is 11.0. The third-order valence-electron chi connectivity index (χ3n) is 4.98. The van der Waals surface area contributed by atoms with Crippen LogP contribution in [0.3, 0.4) is 0 Å². The molecule has 3 rings (SSSR count). The maximum atomic E-state index is 12.7. The Kier molecular flexibility index (Phi) is 6.76. The van der Waals surface area contributed by atoms with Crippen LogP contribution in [0.1, 0.15) is 35.2 Å². The van der Waals surface area contributed by atoms with Crippen LogP contribution < -0.4 is 14.8 Å². The van der Waals surface area contributed by atoms with Crippen molar-refractivity contribution >= 4 is 15.9 Å². The summed E-state index contributed by atoms with van der Waals surface area (Å²) in [4.78, 5) is 12.8. The van der Waals surface area contributed by atoms with Crippen LogP contribution >= 0.6 is 0 Å². The quantitative estimate of drug-likeness (QED) is 0.747. The molecule has 0 aliphatic carbocycles. The van der Waals surface area contributed by atoms with Crippen molar-refractivity contribution in [3.63, 3.8) is 0 Å². The second-order valence-corrected chi connectivity index (χ2v) is 8.77. The summed E-state index contributed by atoms with van der Waals surface area (Å²) in [6, 6.07) is 11.7. The summed E-state index contributed by atoms with van der Waals surface area (Å²) < 4.78 is 37.5. The minimum atomic E-state index is -3.45. The van der Waals surface area contributed by atoms with Crippen LogP contribution in [0, 0.1) is 0 Å². The lowest BCUT2D eigenvalue weighted by Crippen LogP contribution is -2.35. The first-order chi connectivity index (χ1) is 14.0. The minimum Gasteiger partial charge on any atom is -0.493 e. The van der Waals surface area contributed by atoms with E-state index in [2.05, 4.69) is 5.32 Å². The minimum absolute atomic E-state index is 0.267. The van der Waals surface area contributed by atoms with E-state index in [9.17, 15) is 13.2 Å². The molecule has 0 bridgehead atoms. The van der Waals surface area contributed by atoms with E-state index >= 15 is 0 Å². The van der Waals surface area contributed by atoms with Gasteiger partial charge in [0.15, 0.2) is 11.5 Å². The number of carbonyl (C=O) groups excluding carboxylic acids is 1. The lowest BCUT2D eigenvalue weighted by molar-refractivity contribution is 0.0947. The van der Waals surface area contributed by atoms with E-state index in [1.807, 2.05) is 0 Å². The molecule has 156 valence electrons. The van der Waals surface area contributed by atoms with Gasteiger partial charge >= 0.3 is 0 Å². The molecule has 29 heavy (non-hydrogen) atoms. The Balaban J connectivity index is 1.67. The number of benzene rings is 2. The van der Waals surface area contributed by atoms with Crippen molar-refractivity contribution in [3.05, 3.63) is 53.6 Å². The van der Waals surface area contributed by atoms with Gasteiger partial charge in [-0.2, -0.15) is 4.31 Å². The van der Waals surface area contributed by atoms with Crippen molar-refractivity contribution in [2.75, 3.05) is 27.3 Å². The topological polar surface area (TPSA) is 84.9 Å². The Hall–Kier alpha value is -2.58. The standard InChI is InChI=1S/C21H26N2O5S/c1-27-19-8-6-7-18(20(19)28-2)21(24)22-15-16-9-11-17(12-10-16)29(25,26)23-13-4-3-5-14-23/h6-12H,3-5,13-15H2,1-2H3,(H,22,24). The molecule has 1 N–H and O–H groups in total. The summed E-state index contributed by atoms with van der Waals surface area (Å²) in [5.41, 5.74) is 1.17. The summed E-state index contributed by atoms with van der Waals surface area (Å²) >= 11 is 0. The van der Waals surface area contributed by atoms with E-state index in [1.165, 1.54) is 14.2 Å². The fraction of sp³-hybridized carbons (Fsp3) is 0.381. The van der Waals surface area contributed by atoms with Crippen molar-refractivity contribution < 1.29 is 22.7 Å². The van der Waals surface area contributed by atoms with Crippen molar-refractivity contribution in [2.24, 2.45) is 0 Å². The Bertz CT molecular complexity index is 952. The van der Waals surface area contributed by atoms with E-state index in [0.717, 1.165) is 24.8 Å². The molecular formula is C21H26N2O5S. The molecule has 1 saturated heterocycles. The van der Waals surface area contributed by atoms with Gasteiger partial charge in [-0.1, -0.05) is 24.6 Å². The Labute approximate surface area is 171 Å². The Morgan fingerprint density at radius 2 is 1.69 bits per heavy atom. The number of piperidine rings is 1. The molecule has 2 aromatic rings. The highest BCUT2D eigenvalue weighted by molar-refractivity contribution is 7.89. The predicted molar refractivity (Wildman–Crippen MR) is 110 cm³/mol. The van der Waals surface area contributed by atoms with Crippen LogP contribution in [0.5, 0.6) is 11.5 Å². The summed E-state index contributed by atoms with van der Waals surface area (Å²) in [6.45, 7) is 1.41. The summed E-state index contributed by atoms with van der Waals surface area (Å²) in [5, 5.41) is 2.83. The lowest BCUT2D eigenvalue weighted by Gasteiger charge is -2.25. The molecular weight excluding hydrogens is 392 g/mol. The van der Waals surface area contributed by atoms with Crippen molar-refractivity contribution in [1.82, 2.24) is 9.62 Å². The molecule has 1 fully saturated rings. The summed E-state index contributed by atoms with van der Waals surface area (Å²) in [6.07, 6.45) is 2.87. The first kappa shape index (κ1) is 21.1. The van der Waals surface area contributed by atoms with Crippen LogP contribution in [-0.4, -0.2) is 45.9 Å². The number of methoxy groups -OCH3 is 2. The largest absolute Gasteiger partial charge is 0.493 e. The van der Waals surface area contributed by atoms with E-state index in [-0.39, 0.29) is 17.3 Å². The van der Waals surface area contributed by atoms with Gasteiger partial charge in [0, 0.05) is 19.6 Å². The predicted octanol–water partition coefficient (Wildman–Crippen LogP) is 2.81. The number of rotatable bonds is 7. The monoisotopic (exact) mass is 418 g/mol. The number of sulfonamides is 1. The van der Waals surface area contributed by atoms with Gasteiger partial charge < -0.3 is 14.8 Å². The number of nitrogens with one attached hydrogen (secondary N) is 1. The first-order valence-electron chi connectivity index (χ1n) is 9.55. The summed E-state index contributed by atoms with van der Waals surface area (Å²) in [7, 11) is -0.459. The maximum Gasteiger partial charge on any atom is 0.255 e. The van der Waals surface area contributed by atoms with Gasteiger partial charge in [0.1, 0.15) is 0 Å². The molecule has 7 nitrogen and oxygen atoms in total. The van der Waals surface area contributed by atoms with Crippen LogP contribution in [0.2, 0.25) is 0 Å². The maximum absolute atomic E-state index is 12.7. The molecule has 1 aliphatic heterocycles. The van der Waals surface area contributed by atoms with Crippen molar-refractivity contribution in [1.29, 1.82) is 0 Å². The lowest BCUT2D eigenvalue weighted by atomic mass is 10.1. The Morgan fingerprint density at radius 3 is 2.31 bits per heavy atom. The third-order valence-corrected chi connectivity index (χ3v) is 6.89. The van der Waals surface area contributed by atoms with Gasteiger partial charge in [0.2, 0.25) is 10.0 Å². The smallest absolute Gasteiger partial charge is 0.255 e. The number of ether oxygens (including phenoxy) is 2. The highest BCUT2D eigenvalue weighted by Crippen LogP contribution is 2.30. The van der Waals surface area contributed by atoms with Gasteiger partial charge in [-0.15, -0.1) is 0 Å². The van der Waals surface area contributed by atoms with Gasteiger partial charge in [-0.3, -0.25) is 4.79 Å². The van der Waals surface area contributed by atoms with Crippen LogP contribution in [0.4, 0.5) is 0 Å². The molecule has 0 atom stereocenters. The fourth-order valence-electron chi connectivity index (χ4n) is 3.38. The number of amides is 1. The highest BCUT2D eigenvalue weighted by Gasteiger charge is 2.25. The summed E-state index contributed by atoms with van der Waals surface area (Å²) in [5.74, 6) is 0.550. The van der Waals surface area contributed by atoms with E-state index in [0.29, 0.717) is 30.2 Å². The van der Waals surface area contributed by atoms with Crippen molar-refractivity contribution in [3.8, 4) is 11.5 Å². The second kappa shape index (κ2) is 9.28.